The van der Waals surface area contributed by atoms with Gasteiger partial charge in [0.05, 0.1) is 37.3 Å². The van der Waals surface area contributed by atoms with Crippen LogP contribution in [0.4, 0.5) is 28.8 Å². The van der Waals surface area contributed by atoms with Crippen molar-refractivity contribution in [3.8, 4) is 22.6 Å². The summed E-state index contributed by atoms with van der Waals surface area (Å²) < 4.78 is 14.5. The van der Waals surface area contributed by atoms with E-state index < -0.39 is 8.15 Å². The summed E-state index contributed by atoms with van der Waals surface area (Å²) in [7, 11) is 3.02. The van der Waals surface area contributed by atoms with Gasteiger partial charge in [0.2, 0.25) is 5.95 Å². The normalized spacial score (nSPS) is 13.4. The van der Waals surface area contributed by atoms with E-state index in [1.54, 1.807) is 13.3 Å². The molecule has 0 spiro atoms. The largest absolute Gasteiger partial charge is 0.494 e. The van der Waals surface area contributed by atoms with Crippen LogP contribution in [0.3, 0.4) is 0 Å². The molecular formula is C28H34BrN8O2P. The van der Waals surface area contributed by atoms with Crippen molar-refractivity contribution < 1.29 is 9.26 Å². The maximum Gasteiger partial charge on any atom is 0.229 e. The number of hydrogen-bond acceptors (Lipinski definition) is 9. The van der Waals surface area contributed by atoms with Gasteiger partial charge >= 0.3 is 0 Å². The van der Waals surface area contributed by atoms with Gasteiger partial charge in [-0.1, -0.05) is 6.07 Å². The summed E-state index contributed by atoms with van der Waals surface area (Å²) in [4.78, 5) is 11.7. The molecule has 1 aliphatic heterocycles. The molecule has 210 valence electrons. The summed E-state index contributed by atoms with van der Waals surface area (Å²) >= 11 is 3.59. The number of ether oxygens (including phenoxy) is 1. The third kappa shape index (κ3) is 6.49. The molecule has 0 radical (unpaired) electrons. The zero-order chi connectivity index (χ0) is 28.2. The van der Waals surface area contributed by atoms with Crippen LogP contribution in [0, 0.1) is 6.92 Å². The fourth-order valence-corrected chi connectivity index (χ4v) is 5.40. The van der Waals surface area contributed by atoms with Gasteiger partial charge in [0.1, 0.15) is 17.3 Å². The minimum Gasteiger partial charge on any atom is -0.494 e. The average molecular weight is 626 g/mol. The molecule has 0 unspecified atom stereocenters. The number of aryl methyl sites for hydroxylation is 2. The summed E-state index contributed by atoms with van der Waals surface area (Å²) in [5, 5.41) is 14.6. The smallest absolute Gasteiger partial charge is 0.229 e. The molecule has 3 heterocycles. The molecule has 0 amide bonds. The molecule has 3 N–H and O–H groups in total. The average Bonchev–Trinajstić information content (AvgIpc) is 3.38. The minimum atomic E-state index is -0.585. The van der Waals surface area contributed by atoms with Crippen LogP contribution in [0.2, 0.25) is 0 Å². The molecular weight excluding hydrogens is 591 g/mol. The lowest BCUT2D eigenvalue weighted by atomic mass is 10.0. The zero-order valence-corrected chi connectivity index (χ0v) is 25.8. The second-order valence-electron chi connectivity index (χ2n) is 9.75. The molecule has 10 nitrogen and oxygen atoms in total. The Labute approximate surface area is 244 Å². The van der Waals surface area contributed by atoms with Crippen molar-refractivity contribution in [2.75, 3.05) is 62.2 Å². The van der Waals surface area contributed by atoms with Gasteiger partial charge in [-0.05, 0) is 59.9 Å². The number of nitrogens with zero attached hydrogens (tertiary/aromatic N) is 5. The first-order valence-corrected chi connectivity index (χ1v) is 15.9. The maximum absolute atomic E-state index is 6.11. The van der Waals surface area contributed by atoms with E-state index in [1.165, 1.54) is 0 Å². The van der Waals surface area contributed by atoms with E-state index in [9.17, 15) is 0 Å². The molecule has 0 bridgehead atoms. The second kappa shape index (κ2) is 12.4. The molecule has 0 aliphatic carbocycles. The minimum absolute atomic E-state index is 0.430. The van der Waals surface area contributed by atoms with Crippen LogP contribution in [0.1, 0.15) is 5.56 Å². The van der Waals surface area contributed by atoms with Crippen molar-refractivity contribution in [1.82, 2.24) is 25.1 Å². The monoisotopic (exact) mass is 624 g/mol. The molecule has 1 aliphatic rings. The lowest BCUT2D eigenvalue weighted by molar-refractivity contribution is 0.416. The Morgan fingerprint density at radius 3 is 2.52 bits per heavy atom. The van der Waals surface area contributed by atoms with Gasteiger partial charge in [-0.25, -0.2) is 4.98 Å². The number of aromatic nitrogens is 4. The first kappa shape index (κ1) is 28.1. The molecule has 1 fully saturated rings. The third-order valence-corrected chi connectivity index (χ3v) is 7.60. The highest BCUT2D eigenvalue weighted by Gasteiger charge is 2.21. The van der Waals surface area contributed by atoms with Crippen LogP contribution >= 0.6 is 24.1 Å². The Hall–Kier alpha value is -3.40. The van der Waals surface area contributed by atoms with Crippen molar-refractivity contribution in [3.63, 3.8) is 0 Å². The topological polar surface area (TPSA) is 101 Å². The molecule has 0 atom stereocenters. The highest BCUT2D eigenvalue weighted by molar-refractivity contribution is 9.10. The van der Waals surface area contributed by atoms with Crippen molar-refractivity contribution >= 4 is 52.9 Å². The molecule has 1 saturated heterocycles. The van der Waals surface area contributed by atoms with Crippen molar-refractivity contribution in [2.24, 2.45) is 7.05 Å². The molecule has 2 aromatic heterocycles. The van der Waals surface area contributed by atoms with Crippen LogP contribution in [0.5, 0.6) is 11.5 Å². The van der Waals surface area contributed by atoms with Crippen molar-refractivity contribution in [1.29, 1.82) is 0 Å². The summed E-state index contributed by atoms with van der Waals surface area (Å²) in [6, 6.07) is 10.2. The Bertz CT molecular complexity index is 1490. The molecule has 5 rings (SSSR count). The first-order chi connectivity index (χ1) is 19.3. The van der Waals surface area contributed by atoms with Crippen LogP contribution in [-0.4, -0.2) is 66.4 Å². The number of rotatable bonds is 9. The number of piperazine rings is 1. The quantitative estimate of drug-likeness (QED) is 0.197. The molecule has 12 heteroatoms. The molecule has 40 heavy (non-hydrogen) atoms. The number of nitrogens with one attached hydrogen (secondary N) is 3. The Morgan fingerprint density at radius 2 is 1.82 bits per heavy atom. The Balaban J connectivity index is 1.49. The van der Waals surface area contributed by atoms with Gasteiger partial charge in [-0.15, -0.1) is 0 Å². The first-order valence-electron chi connectivity index (χ1n) is 13.0. The standard InChI is InChI=1S/C28H34BrN8O2P/c1-18-6-7-22(26(12-18)39-40(4)5)33-27-21(29)16-31-28(35-27)34-23-13-20(19-15-32-36(2)17-19)24(14-25(23)38-3)37-10-8-30-9-11-37/h6-7,12-17,30H,8-11H2,1-5H3,(H2,31,33,34,35). The van der Waals surface area contributed by atoms with Gasteiger partial charge < -0.3 is 30.1 Å². The van der Waals surface area contributed by atoms with Crippen LogP contribution < -0.4 is 30.1 Å². The van der Waals surface area contributed by atoms with Gasteiger partial charge in [0.25, 0.3) is 0 Å². The molecule has 2 aromatic carbocycles. The zero-order valence-electron chi connectivity index (χ0n) is 23.3. The van der Waals surface area contributed by atoms with E-state index in [1.807, 2.05) is 49.2 Å². The lowest BCUT2D eigenvalue weighted by Crippen LogP contribution is -2.43. The third-order valence-electron chi connectivity index (χ3n) is 6.45. The van der Waals surface area contributed by atoms with Crippen LogP contribution in [-0.2, 0) is 7.05 Å². The number of halogens is 1. The van der Waals surface area contributed by atoms with E-state index in [0.717, 1.165) is 70.2 Å². The number of hydrogen-bond donors (Lipinski definition) is 3. The van der Waals surface area contributed by atoms with Gasteiger partial charge in [0, 0.05) is 68.5 Å². The fourth-order valence-electron chi connectivity index (χ4n) is 4.56. The lowest BCUT2D eigenvalue weighted by Gasteiger charge is -2.31. The number of benzene rings is 2. The van der Waals surface area contributed by atoms with Crippen LogP contribution in [0.15, 0.2) is 53.4 Å². The fraction of sp³-hybridized carbons (Fsp3) is 0.321. The molecule has 0 saturated carbocycles. The SMILES string of the molecule is COc1cc(N2CCNCC2)c(-c2cnn(C)c2)cc1Nc1ncc(Br)c(Nc2ccc(C)cc2OP(C)C)n1. The predicted octanol–water partition coefficient (Wildman–Crippen LogP) is 5.89. The highest BCUT2D eigenvalue weighted by atomic mass is 79.9. The summed E-state index contributed by atoms with van der Waals surface area (Å²) in [6.07, 6.45) is 5.63. The van der Waals surface area contributed by atoms with Gasteiger partial charge in [-0.3, -0.25) is 4.68 Å². The summed E-state index contributed by atoms with van der Waals surface area (Å²) in [5.41, 5.74) is 5.92. The van der Waals surface area contributed by atoms with Crippen LogP contribution in [0.25, 0.3) is 11.1 Å². The van der Waals surface area contributed by atoms with E-state index >= 15 is 0 Å². The van der Waals surface area contributed by atoms with Crippen molar-refractivity contribution in [2.45, 2.75) is 6.92 Å². The van der Waals surface area contributed by atoms with Crippen molar-refractivity contribution in [3.05, 3.63) is 59.0 Å². The predicted molar refractivity (Wildman–Crippen MR) is 167 cm³/mol. The Morgan fingerprint density at radius 1 is 1.02 bits per heavy atom. The highest BCUT2D eigenvalue weighted by Crippen LogP contribution is 2.41. The summed E-state index contributed by atoms with van der Waals surface area (Å²) in [5.74, 6) is 2.54. The summed E-state index contributed by atoms with van der Waals surface area (Å²) in [6.45, 7) is 9.89. The Kier molecular flexibility index (Phi) is 8.73. The van der Waals surface area contributed by atoms with Gasteiger partial charge in [-0.2, -0.15) is 10.1 Å². The second-order valence-corrected chi connectivity index (χ2v) is 12.4. The number of methoxy groups -OCH3 is 1. The van der Waals surface area contributed by atoms with E-state index in [0.29, 0.717) is 17.5 Å². The maximum atomic E-state index is 6.11. The van der Waals surface area contributed by atoms with E-state index in [-0.39, 0.29) is 0 Å². The molecule has 4 aromatic rings. The number of anilines is 5. The van der Waals surface area contributed by atoms with E-state index in [2.05, 4.69) is 72.3 Å². The van der Waals surface area contributed by atoms with Gasteiger partial charge in [0.15, 0.2) is 0 Å². The van der Waals surface area contributed by atoms with E-state index in [4.69, 9.17) is 14.2 Å².